The van der Waals surface area contributed by atoms with Crippen LogP contribution in [0.3, 0.4) is 0 Å². The monoisotopic (exact) mass is 373 g/mol. The van der Waals surface area contributed by atoms with Crippen LogP contribution in [0.2, 0.25) is 0 Å². The first-order chi connectivity index (χ1) is 13.8. The number of aromatic nitrogens is 3. The molecule has 6 heteroatoms. The SMILES string of the molecule is Fc1c(Nc2ccccc2)ccc(-c2ccccc2)c1NCCn1cncn1. The minimum absolute atomic E-state index is 0.316. The van der Waals surface area contributed by atoms with Crippen LogP contribution < -0.4 is 10.6 Å². The van der Waals surface area contributed by atoms with Gasteiger partial charge in [0.1, 0.15) is 12.7 Å². The number of anilines is 3. The number of benzene rings is 3. The fraction of sp³-hybridized carbons (Fsp3) is 0.0909. The largest absolute Gasteiger partial charge is 0.380 e. The number of nitrogens with zero attached hydrogens (tertiary/aromatic N) is 3. The van der Waals surface area contributed by atoms with Gasteiger partial charge in [-0.15, -0.1) is 0 Å². The zero-order valence-corrected chi connectivity index (χ0v) is 15.2. The van der Waals surface area contributed by atoms with Crippen LogP contribution in [0.1, 0.15) is 0 Å². The van der Waals surface area contributed by atoms with Gasteiger partial charge in [0.25, 0.3) is 0 Å². The first-order valence-electron chi connectivity index (χ1n) is 9.07. The maximum Gasteiger partial charge on any atom is 0.170 e. The molecule has 0 aliphatic heterocycles. The van der Waals surface area contributed by atoms with Crippen LogP contribution >= 0.6 is 0 Å². The molecule has 2 N–H and O–H groups in total. The highest BCUT2D eigenvalue weighted by molar-refractivity contribution is 5.82. The molecule has 0 unspecified atom stereocenters. The smallest absolute Gasteiger partial charge is 0.170 e. The highest BCUT2D eigenvalue weighted by atomic mass is 19.1. The first-order valence-corrected chi connectivity index (χ1v) is 9.07. The summed E-state index contributed by atoms with van der Waals surface area (Å²) in [5, 5.41) is 10.5. The van der Waals surface area contributed by atoms with Crippen LogP contribution in [-0.2, 0) is 6.54 Å². The number of nitrogens with one attached hydrogen (secondary N) is 2. The molecule has 1 heterocycles. The van der Waals surface area contributed by atoms with E-state index in [4.69, 9.17) is 0 Å². The van der Waals surface area contributed by atoms with E-state index in [0.717, 1.165) is 16.8 Å². The van der Waals surface area contributed by atoms with E-state index >= 15 is 4.39 Å². The quantitative estimate of drug-likeness (QED) is 0.482. The van der Waals surface area contributed by atoms with E-state index in [1.54, 1.807) is 17.1 Å². The predicted octanol–water partition coefficient (Wildman–Crippen LogP) is 4.94. The lowest BCUT2D eigenvalue weighted by Crippen LogP contribution is -2.13. The van der Waals surface area contributed by atoms with Crippen LogP contribution in [0.25, 0.3) is 11.1 Å². The minimum Gasteiger partial charge on any atom is -0.380 e. The van der Waals surface area contributed by atoms with E-state index in [1.165, 1.54) is 6.33 Å². The fourth-order valence-corrected chi connectivity index (χ4v) is 3.02. The predicted molar refractivity (Wildman–Crippen MR) is 110 cm³/mol. The Kier molecular flexibility index (Phi) is 5.29. The van der Waals surface area contributed by atoms with Crippen LogP contribution in [0.15, 0.2) is 85.5 Å². The Bertz CT molecular complexity index is 1020. The summed E-state index contributed by atoms with van der Waals surface area (Å²) in [6.45, 7) is 1.11. The highest BCUT2D eigenvalue weighted by Gasteiger charge is 2.15. The lowest BCUT2D eigenvalue weighted by Gasteiger charge is -2.17. The molecule has 0 atom stereocenters. The topological polar surface area (TPSA) is 54.8 Å². The molecule has 0 spiro atoms. The van der Waals surface area contributed by atoms with Gasteiger partial charge in [0, 0.05) is 17.8 Å². The number of halogens is 1. The molecule has 0 fully saturated rings. The second-order valence-corrected chi connectivity index (χ2v) is 6.29. The molecule has 5 nitrogen and oxygen atoms in total. The van der Waals surface area contributed by atoms with Crippen molar-refractivity contribution in [1.29, 1.82) is 0 Å². The van der Waals surface area contributed by atoms with E-state index < -0.39 is 0 Å². The van der Waals surface area contributed by atoms with Crippen molar-refractivity contribution in [3.8, 4) is 11.1 Å². The van der Waals surface area contributed by atoms with Gasteiger partial charge < -0.3 is 10.6 Å². The Morgan fingerprint density at radius 3 is 2.36 bits per heavy atom. The zero-order chi connectivity index (χ0) is 19.2. The van der Waals surface area contributed by atoms with Gasteiger partial charge in [0.2, 0.25) is 0 Å². The Labute approximate surface area is 162 Å². The third kappa shape index (κ3) is 4.01. The third-order valence-corrected chi connectivity index (χ3v) is 4.39. The summed E-state index contributed by atoms with van der Waals surface area (Å²) >= 11 is 0. The fourth-order valence-electron chi connectivity index (χ4n) is 3.02. The molecule has 0 aliphatic rings. The number of para-hydroxylation sites is 1. The van der Waals surface area contributed by atoms with Gasteiger partial charge in [-0.05, 0) is 23.8 Å². The normalized spacial score (nSPS) is 10.6. The Hall–Kier alpha value is -3.67. The lowest BCUT2D eigenvalue weighted by atomic mass is 10.0. The van der Waals surface area contributed by atoms with Crippen LogP contribution in [-0.4, -0.2) is 21.3 Å². The standard InChI is InChI=1S/C22H20FN5/c23-21-20(27-18-9-5-2-6-10-18)12-11-19(17-7-3-1-4-8-17)22(21)25-13-14-28-16-24-15-26-28/h1-12,15-16,25,27H,13-14H2. The maximum atomic E-state index is 15.4. The van der Waals surface area contributed by atoms with E-state index in [0.29, 0.717) is 24.5 Å². The van der Waals surface area contributed by atoms with E-state index in [1.807, 2.05) is 66.7 Å². The third-order valence-electron chi connectivity index (χ3n) is 4.39. The molecule has 0 aliphatic carbocycles. The van der Waals surface area contributed by atoms with Gasteiger partial charge in [-0.1, -0.05) is 54.6 Å². The van der Waals surface area contributed by atoms with Crippen molar-refractivity contribution in [2.75, 3.05) is 17.2 Å². The molecule has 0 amide bonds. The molecule has 3 aromatic carbocycles. The van der Waals surface area contributed by atoms with Crippen molar-refractivity contribution >= 4 is 17.1 Å². The molecule has 4 aromatic rings. The molecule has 0 saturated heterocycles. The molecule has 28 heavy (non-hydrogen) atoms. The van der Waals surface area contributed by atoms with Gasteiger partial charge in [-0.25, -0.2) is 9.37 Å². The summed E-state index contributed by atoms with van der Waals surface area (Å²) in [7, 11) is 0. The molecule has 0 saturated carbocycles. The molecule has 0 bridgehead atoms. The Balaban J connectivity index is 1.65. The second kappa shape index (κ2) is 8.35. The van der Waals surface area contributed by atoms with Crippen molar-refractivity contribution < 1.29 is 4.39 Å². The Morgan fingerprint density at radius 1 is 0.893 bits per heavy atom. The maximum absolute atomic E-state index is 15.4. The number of hydrogen-bond acceptors (Lipinski definition) is 4. The zero-order valence-electron chi connectivity index (χ0n) is 15.2. The average Bonchev–Trinajstić information content (AvgIpc) is 3.26. The molecular formula is C22H20FN5. The molecular weight excluding hydrogens is 353 g/mol. The molecule has 4 rings (SSSR count). The van der Waals surface area contributed by atoms with Crippen LogP contribution in [0, 0.1) is 5.82 Å². The first kappa shape index (κ1) is 17.7. The lowest BCUT2D eigenvalue weighted by molar-refractivity contribution is 0.619. The summed E-state index contributed by atoms with van der Waals surface area (Å²) in [5.74, 6) is -0.316. The van der Waals surface area contributed by atoms with Crippen molar-refractivity contribution in [3.63, 3.8) is 0 Å². The summed E-state index contributed by atoms with van der Waals surface area (Å²) in [6, 6.07) is 23.1. The van der Waals surface area contributed by atoms with Gasteiger partial charge in [-0.2, -0.15) is 5.10 Å². The van der Waals surface area contributed by atoms with Gasteiger partial charge in [0.15, 0.2) is 5.82 Å². The molecule has 140 valence electrons. The highest BCUT2D eigenvalue weighted by Crippen LogP contribution is 2.35. The van der Waals surface area contributed by atoms with E-state index in [-0.39, 0.29) is 5.82 Å². The van der Waals surface area contributed by atoms with Crippen LogP contribution in [0.5, 0.6) is 0 Å². The average molecular weight is 373 g/mol. The van der Waals surface area contributed by atoms with Crippen molar-refractivity contribution in [2.45, 2.75) is 6.54 Å². The van der Waals surface area contributed by atoms with E-state index in [2.05, 4.69) is 20.7 Å². The summed E-state index contributed by atoms with van der Waals surface area (Å²) in [6.07, 6.45) is 3.13. The molecule has 0 radical (unpaired) electrons. The van der Waals surface area contributed by atoms with Gasteiger partial charge >= 0.3 is 0 Å². The van der Waals surface area contributed by atoms with E-state index in [9.17, 15) is 0 Å². The second-order valence-electron chi connectivity index (χ2n) is 6.29. The van der Waals surface area contributed by atoms with Crippen LogP contribution in [0.4, 0.5) is 21.5 Å². The minimum atomic E-state index is -0.316. The van der Waals surface area contributed by atoms with Gasteiger partial charge in [-0.3, -0.25) is 4.68 Å². The summed E-state index contributed by atoms with van der Waals surface area (Å²) in [5.41, 5.74) is 3.50. The summed E-state index contributed by atoms with van der Waals surface area (Å²) < 4.78 is 17.1. The summed E-state index contributed by atoms with van der Waals surface area (Å²) in [4.78, 5) is 3.93. The molecule has 1 aromatic heterocycles. The number of hydrogen-bond donors (Lipinski definition) is 2. The number of rotatable bonds is 7. The van der Waals surface area contributed by atoms with Gasteiger partial charge in [0.05, 0.1) is 17.9 Å². The van der Waals surface area contributed by atoms with Crippen molar-refractivity contribution in [3.05, 3.63) is 91.3 Å². The van der Waals surface area contributed by atoms with Crippen molar-refractivity contribution in [1.82, 2.24) is 14.8 Å². The van der Waals surface area contributed by atoms with Crippen molar-refractivity contribution in [2.24, 2.45) is 0 Å². The Morgan fingerprint density at radius 2 is 1.64 bits per heavy atom.